The van der Waals surface area contributed by atoms with Crippen LogP contribution in [0.2, 0.25) is 5.02 Å². The second-order valence-corrected chi connectivity index (χ2v) is 7.15. The highest BCUT2D eigenvalue weighted by atomic mass is 35.5. The fraction of sp³-hybridized carbons (Fsp3) is 0.167. The fourth-order valence-corrected chi connectivity index (χ4v) is 3.05. The molecule has 1 heterocycles. The van der Waals surface area contributed by atoms with Crippen LogP contribution < -0.4 is 5.32 Å². The van der Waals surface area contributed by atoms with E-state index in [0.29, 0.717) is 17.1 Å². The first-order chi connectivity index (χ1) is 12.5. The first-order valence-electron chi connectivity index (χ1n) is 7.80. The van der Waals surface area contributed by atoms with Crippen LogP contribution in [0.5, 0.6) is 0 Å². The molecule has 1 aromatic heterocycles. The molecule has 26 heavy (non-hydrogen) atoms. The molecule has 0 aliphatic carbocycles. The van der Waals surface area contributed by atoms with Crippen molar-refractivity contribution in [2.75, 3.05) is 0 Å². The van der Waals surface area contributed by atoms with Crippen molar-refractivity contribution in [3.63, 3.8) is 0 Å². The molecule has 0 saturated heterocycles. The lowest BCUT2D eigenvalue weighted by atomic mass is 10.2. The maximum atomic E-state index is 13.0. The van der Waals surface area contributed by atoms with E-state index >= 15 is 0 Å². The van der Waals surface area contributed by atoms with Gasteiger partial charge in [-0.15, -0.1) is 10.2 Å². The van der Waals surface area contributed by atoms with E-state index < -0.39 is 5.25 Å². The van der Waals surface area contributed by atoms with E-state index in [4.69, 9.17) is 16.0 Å². The van der Waals surface area contributed by atoms with Crippen LogP contribution in [0.3, 0.4) is 0 Å². The molecule has 1 amide bonds. The second-order valence-electron chi connectivity index (χ2n) is 5.45. The molecule has 0 aliphatic rings. The fourth-order valence-electron chi connectivity index (χ4n) is 2.14. The van der Waals surface area contributed by atoms with E-state index in [2.05, 4.69) is 15.5 Å². The van der Waals surface area contributed by atoms with Crippen molar-refractivity contribution in [3.05, 3.63) is 64.9 Å². The lowest BCUT2D eigenvalue weighted by Gasteiger charge is -2.10. The molecule has 0 fully saturated rings. The Morgan fingerprint density at radius 3 is 2.69 bits per heavy atom. The lowest BCUT2D eigenvalue weighted by molar-refractivity contribution is -0.120. The van der Waals surface area contributed by atoms with Crippen molar-refractivity contribution < 1.29 is 13.6 Å². The van der Waals surface area contributed by atoms with Gasteiger partial charge in [0.1, 0.15) is 5.82 Å². The number of carbonyl (C=O) groups is 1. The van der Waals surface area contributed by atoms with Crippen molar-refractivity contribution >= 4 is 29.3 Å². The van der Waals surface area contributed by atoms with E-state index in [1.54, 1.807) is 25.1 Å². The van der Waals surface area contributed by atoms with Gasteiger partial charge in [0, 0.05) is 17.1 Å². The molecule has 134 valence electrons. The Morgan fingerprint density at radius 2 is 1.96 bits per heavy atom. The summed E-state index contributed by atoms with van der Waals surface area (Å²) >= 11 is 7.22. The van der Waals surface area contributed by atoms with Crippen molar-refractivity contribution in [2.45, 2.75) is 23.9 Å². The highest BCUT2D eigenvalue weighted by Crippen LogP contribution is 2.26. The number of carbonyl (C=O) groups excluding carboxylic acids is 1. The Bertz CT molecular complexity index is 901. The van der Waals surface area contributed by atoms with E-state index in [1.165, 1.54) is 12.1 Å². The minimum absolute atomic E-state index is 0.170. The summed E-state index contributed by atoms with van der Waals surface area (Å²) in [6.07, 6.45) is 0. The molecule has 2 aromatic carbocycles. The van der Waals surface area contributed by atoms with Gasteiger partial charge in [-0.05, 0) is 42.8 Å². The highest BCUT2D eigenvalue weighted by molar-refractivity contribution is 8.00. The van der Waals surface area contributed by atoms with E-state index in [9.17, 15) is 9.18 Å². The van der Waals surface area contributed by atoms with Crippen LogP contribution in [-0.2, 0) is 11.3 Å². The molecule has 0 saturated carbocycles. The topological polar surface area (TPSA) is 68.0 Å². The SMILES string of the molecule is C[C@@H](Sc1nnc(-c2ccc(F)cc2)o1)C(=O)NCc1ccccc1Cl. The Morgan fingerprint density at radius 1 is 1.23 bits per heavy atom. The zero-order valence-corrected chi connectivity index (χ0v) is 15.4. The van der Waals surface area contributed by atoms with Crippen LogP contribution in [0.25, 0.3) is 11.5 Å². The number of nitrogens with zero attached hydrogens (tertiary/aromatic N) is 2. The molecule has 0 spiro atoms. The number of rotatable bonds is 6. The molecular weight excluding hydrogens is 377 g/mol. The third-order valence-corrected chi connectivity index (χ3v) is 4.86. The number of amides is 1. The monoisotopic (exact) mass is 391 g/mol. The van der Waals surface area contributed by atoms with Crippen LogP contribution in [-0.4, -0.2) is 21.4 Å². The van der Waals surface area contributed by atoms with Crippen molar-refractivity contribution in [1.82, 2.24) is 15.5 Å². The van der Waals surface area contributed by atoms with Crippen LogP contribution in [0.15, 0.2) is 58.2 Å². The van der Waals surface area contributed by atoms with Gasteiger partial charge in [0.15, 0.2) is 0 Å². The number of thioether (sulfide) groups is 1. The van der Waals surface area contributed by atoms with Crippen LogP contribution >= 0.6 is 23.4 Å². The minimum atomic E-state index is -0.431. The summed E-state index contributed by atoms with van der Waals surface area (Å²) < 4.78 is 18.5. The van der Waals surface area contributed by atoms with Crippen molar-refractivity contribution in [1.29, 1.82) is 0 Å². The van der Waals surface area contributed by atoms with Crippen LogP contribution in [0.1, 0.15) is 12.5 Å². The Balaban J connectivity index is 1.57. The van der Waals surface area contributed by atoms with Crippen molar-refractivity contribution in [2.24, 2.45) is 0 Å². The molecule has 5 nitrogen and oxygen atoms in total. The molecule has 0 aliphatic heterocycles. The highest BCUT2D eigenvalue weighted by Gasteiger charge is 2.18. The average molecular weight is 392 g/mol. The summed E-state index contributed by atoms with van der Waals surface area (Å²) in [5.41, 5.74) is 1.46. The zero-order valence-electron chi connectivity index (χ0n) is 13.8. The number of halogens is 2. The van der Waals surface area contributed by atoms with E-state index in [-0.39, 0.29) is 22.8 Å². The van der Waals surface area contributed by atoms with E-state index in [1.807, 2.05) is 18.2 Å². The smallest absolute Gasteiger partial charge is 0.277 e. The molecule has 1 N–H and O–H groups in total. The number of hydrogen-bond donors (Lipinski definition) is 1. The van der Waals surface area contributed by atoms with Gasteiger partial charge in [0.25, 0.3) is 5.22 Å². The third kappa shape index (κ3) is 4.62. The summed E-state index contributed by atoms with van der Waals surface area (Å²) in [4.78, 5) is 12.2. The molecule has 3 rings (SSSR count). The normalized spacial score (nSPS) is 12.0. The third-order valence-electron chi connectivity index (χ3n) is 3.56. The van der Waals surface area contributed by atoms with Gasteiger partial charge in [0.05, 0.1) is 5.25 Å². The Hall–Kier alpha value is -2.38. The van der Waals surface area contributed by atoms with Gasteiger partial charge in [-0.25, -0.2) is 4.39 Å². The van der Waals surface area contributed by atoms with E-state index in [0.717, 1.165) is 17.3 Å². The maximum Gasteiger partial charge on any atom is 0.277 e. The van der Waals surface area contributed by atoms with Gasteiger partial charge in [-0.1, -0.05) is 41.6 Å². The van der Waals surface area contributed by atoms with Gasteiger partial charge < -0.3 is 9.73 Å². The first kappa shape index (κ1) is 18.4. The van der Waals surface area contributed by atoms with Gasteiger partial charge in [-0.3, -0.25) is 4.79 Å². The summed E-state index contributed by atoms with van der Waals surface area (Å²) in [7, 11) is 0. The molecule has 0 radical (unpaired) electrons. The van der Waals surface area contributed by atoms with Crippen LogP contribution in [0.4, 0.5) is 4.39 Å². The number of benzene rings is 2. The summed E-state index contributed by atoms with van der Waals surface area (Å²) in [5.74, 6) is -0.237. The predicted octanol–water partition coefficient (Wildman–Crippen LogP) is 4.33. The standard InChI is InChI=1S/C18H15ClFN3O2S/c1-11(16(24)21-10-13-4-2-3-5-15(13)19)26-18-23-22-17(25-18)12-6-8-14(20)9-7-12/h2-9,11H,10H2,1H3,(H,21,24)/t11-/m1/s1. The Labute approximate surface area is 159 Å². The zero-order chi connectivity index (χ0) is 18.5. The largest absolute Gasteiger partial charge is 0.411 e. The number of nitrogens with one attached hydrogen (secondary N) is 1. The van der Waals surface area contributed by atoms with Crippen LogP contribution in [0, 0.1) is 5.82 Å². The maximum absolute atomic E-state index is 13.0. The van der Waals surface area contributed by atoms with Gasteiger partial charge in [0.2, 0.25) is 11.8 Å². The lowest BCUT2D eigenvalue weighted by Crippen LogP contribution is -2.30. The van der Waals surface area contributed by atoms with Crippen molar-refractivity contribution in [3.8, 4) is 11.5 Å². The van der Waals surface area contributed by atoms with Gasteiger partial charge in [-0.2, -0.15) is 0 Å². The summed E-state index contributed by atoms with van der Waals surface area (Å²) in [5, 5.41) is 11.1. The summed E-state index contributed by atoms with van der Waals surface area (Å²) in [6.45, 7) is 2.09. The second kappa shape index (κ2) is 8.33. The molecule has 8 heteroatoms. The molecular formula is C18H15ClFN3O2S. The molecule has 3 aromatic rings. The Kier molecular flexibility index (Phi) is 5.90. The minimum Gasteiger partial charge on any atom is -0.411 e. The summed E-state index contributed by atoms with van der Waals surface area (Å²) in [6, 6.07) is 13.1. The van der Waals surface area contributed by atoms with Gasteiger partial charge >= 0.3 is 0 Å². The number of aromatic nitrogens is 2. The predicted molar refractivity (Wildman–Crippen MR) is 98.3 cm³/mol. The first-order valence-corrected chi connectivity index (χ1v) is 9.06. The molecule has 1 atom stereocenters. The molecule has 0 unspecified atom stereocenters. The molecule has 0 bridgehead atoms. The average Bonchev–Trinajstić information content (AvgIpc) is 3.09. The quantitative estimate of drug-likeness (QED) is 0.633. The number of hydrogen-bond acceptors (Lipinski definition) is 5.